The van der Waals surface area contributed by atoms with Gasteiger partial charge in [-0.25, -0.2) is 0 Å². The Labute approximate surface area is 102 Å². The first-order valence-corrected chi connectivity index (χ1v) is 5.63. The predicted molar refractivity (Wildman–Crippen MR) is 63.8 cm³/mol. The van der Waals surface area contributed by atoms with Crippen molar-refractivity contribution in [1.29, 1.82) is 0 Å². The molecule has 0 aliphatic carbocycles. The fourth-order valence-corrected chi connectivity index (χ4v) is 1.74. The molecule has 0 radical (unpaired) electrons. The Morgan fingerprint density at radius 2 is 2.06 bits per heavy atom. The average Bonchev–Trinajstić information content (AvgIpc) is 2.95. The third-order valence-corrected chi connectivity index (χ3v) is 2.68. The zero-order valence-electron chi connectivity index (χ0n) is 9.05. The van der Waals surface area contributed by atoms with Crippen LogP contribution in [0.4, 0.5) is 0 Å². The molecule has 0 bridgehead atoms. The van der Waals surface area contributed by atoms with E-state index >= 15 is 0 Å². The lowest BCUT2D eigenvalue weighted by molar-refractivity contribution is 0.506. The van der Waals surface area contributed by atoms with Crippen molar-refractivity contribution in [3.8, 4) is 11.5 Å². The summed E-state index contributed by atoms with van der Waals surface area (Å²) in [4.78, 5) is 0. The molecule has 1 unspecified atom stereocenters. The highest BCUT2D eigenvalue weighted by molar-refractivity contribution is 6.20. The van der Waals surface area contributed by atoms with E-state index in [0.29, 0.717) is 11.8 Å². The van der Waals surface area contributed by atoms with Crippen LogP contribution in [0.3, 0.4) is 0 Å². The van der Waals surface area contributed by atoms with Crippen molar-refractivity contribution >= 4 is 22.6 Å². The van der Waals surface area contributed by atoms with Gasteiger partial charge in [0, 0.05) is 5.39 Å². The van der Waals surface area contributed by atoms with Gasteiger partial charge >= 0.3 is 0 Å². The van der Waals surface area contributed by atoms with E-state index in [-0.39, 0.29) is 5.38 Å². The molecule has 17 heavy (non-hydrogen) atoms. The van der Waals surface area contributed by atoms with Gasteiger partial charge in [0.15, 0.2) is 0 Å². The Balaban J connectivity index is 2.14. The second kappa shape index (κ2) is 3.89. The maximum atomic E-state index is 5.88. The minimum absolute atomic E-state index is 0.297. The molecule has 2 heterocycles. The molecular weight excluding hydrogens is 240 g/mol. The molecule has 5 heteroatoms. The summed E-state index contributed by atoms with van der Waals surface area (Å²) in [6, 6.07) is 7.68. The van der Waals surface area contributed by atoms with Gasteiger partial charge in [-0.1, -0.05) is 18.2 Å². The molecular formula is C12H9ClN2O2. The highest BCUT2D eigenvalue weighted by Gasteiger charge is 2.16. The van der Waals surface area contributed by atoms with Gasteiger partial charge in [0.2, 0.25) is 5.89 Å². The minimum atomic E-state index is -0.297. The third-order valence-electron chi connectivity index (χ3n) is 2.49. The van der Waals surface area contributed by atoms with E-state index < -0.39 is 0 Å². The zero-order chi connectivity index (χ0) is 11.8. The Morgan fingerprint density at radius 1 is 1.24 bits per heavy atom. The van der Waals surface area contributed by atoms with Gasteiger partial charge in [0.05, 0.1) is 5.56 Å². The molecule has 0 fully saturated rings. The third kappa shape index (κ3) is 1.70. The van der Waals surface area contributed by atoms with E-state index in [1.54, 1.807) is 13.2 Å². The quantitative estimate of drug-likeness (QED) is 0.648. The minimum Gasteiger partial charge on any atom is -0.463 e. The van der Waals surface area contributed by atoms with E-state index in [0.717, 1.165) is 16.5 Å². The summed E-state index contributed by atoms with van der Waals surface area (Å²) < 4.78 is 10.9. The second-order valence-corrected chi connectivity index (χ2v) is 4.36. The fraction of sp³-hybridized carbons (Fsp3) is 0.167. The Bertz CT molecular complexity index is 657. The number of hydrogen-bond acceptors (Lipinski definition) is 4. The van der Waals surface area contributed by atoms with Crippen LogP contribution in [-0.2, 0) is 0 Å². The number of para-hydroxylation sites is 1. The van der Waals surface area contributed by atoms with Crippen LogP contribution in [-0.4, -0.2) is 10.2 Å². The summed E-state index contributed by atoms with van der Waals surface area (Å²) in [5.41, 5.74) is 1.58. The van der Waals surface area contributed by atoms with E-state index in [1.807, 2.05) is 24.3 Å². The van der Waals surface area contributed by atoms with E-state index in [1.165, 1.54) is 0 Å². The number of rotatable bonds is 2. The fourth-order valence-electron chi connectivity index (χ4n) is 1.65. The van der Waals surface area contributed by atoms with Gasteiger partial charge in [-0.15, -0.1) is 21.8 Å². The first kappa shape index (κ1) is 10.4. The van der Waals surface area contributed by atoms with Gasteiger partial charge in [0.25, 0.3) is 5.89 Å². The summed E-state index contributed by atoms with van der Waals surface area (Å²) >= 11 is 5.88. The highest BCUT2D eigenvalue weighted by atomic mass is 35.5. The van der Waals surface area contributed by atoms with Crippen LogP contribution in [0, 0.1) is 0 Å². The summed E-state index contributed by atoms with van der Waals surface area (Å²) in [5.74, 6) is 0.837. The molecule has 0 spiro atoms. The molecule has 86 valence electrons. The normalized spacial score (nSPS) is 13.1. The van der Waals surface area contributed by atoms with Crippen LogP contribution in [0.2, 0.25) is 0 Å². The maximum absolute atomic E-state index is 5.88. The first-order valence-electron chi connectivity index (χ1n) is 5.20. The summed E-state index contributed by atoms with van der Waals surface area (Å²) in [5, 5.41) is 8.51. The van der Waals surface area contributed by atoms with Gasteiger partial charge in [-0.05, 0) is 13.0 Å². The zero-order valence-corrected chi connectivity index (χ0v) is 9.81. The maximum Gasteiger partial charge on any atom is 0.251 e. The molecule has 3 rings (SSSR count). The van der Waals surface area contributed by atoms with E-state index in [2.05, 4.69) is 10.2 Å². The first-order chi connectivity index (χ1) is 8.25. The molecule has 0 aliphatic rings. The topological polar surface area (TPSA) is 52.1 Å². The van der Waals surface area contributed by atoms with Crippen LogP contribution in [0.5, 0.6) is 0 Å². The lowest BCUT2D eigenvalue weighted by Crippen LogP contribution is -1.81. The predicted octanol–water partition coefficient (Wildman–Crippen LogP) is 3.78. The van der Waals surface area contributed by atoms with E-state index in [4.69, 9.17) is 20.4 Å². The number of hydrogen-bond donors (Lipinski definition) is 0. The van der Waals surface area contributed by atoms with Gasteiger partial charge in [-0.2, -0.15) is 0 Å². The van der Waals surface area contributed by atoms with Crippen molar-refractivity contribution in [2.75, 3.05) is 0 Å². The van der Waals surface area contributed by atoms with Crippen LogP contribution < -0.4 is 0 Å². The Kier molecular flexibility index (Phi) is 2.37. The smallest absolute Gasteiger partial charge is 0.251 e. The molecule has 0 aliphatic heterocycles. The largest absolute Gasteiger partial charge is 0.463 e. The number of furan rings is 1. The van der Waals surface area contributed by atoms with Gasteiger partial charge in [0.1, 0.15) is 17.2 Å². The van der Waals surface area contributed by atoms with Gasteiger partial charge in [-0.3, -0.25) is 0 Å². The second-order valence-electron chi connectivity index (χ2n) is 3.71. The molecule has 2 aromatic heterocycles. The lowest BCUT2D eigenvalue weighted by Gasteiger charge is -1.92. The molecule has 0 N–H and O–H groups in total. The molecule has 3 aromatic rings. The average molecular weight is 249 g/mol. The van der Waals surface area contributed by atoms with Crippen molar-refractivity contribution in [2.45, 2.75) is 12.3 Å². The molecule has 0 amide bonds. The standard InChI is InChI=1S/C12H9ClN2O2/c1-7(13)11-14-15-12(17-11)9-6-16-10-5-3-2-4-8(9)10/h2-7H,1H3. The van der Waals surface area contributed by atoms with Gasteiger partial charge < -0.3 is 8.83 Å². The van der Waals surface area contributed by atoms with Crippen LogP contribution in [0.15, 0.2) is 39.4 Å². The SMILES string of the molecule is CC(Cl)c1nnc(-c2coc3ccccc23)o1. The number of fused-ring (bicyclic) bond motifs is 1. The molecule has 0 saturated carbocycles. The van der Waals surface area contributed by atoms with E-state index in [9.17, 15) is 0 Å². The van der Waals surface area contributed by atoms with Crippen LogP contribution in [0.25, 0.3) is 22.4 Å². The molecule has 4 nitrogen and oxygen atoms in total. The number of aromatic nitrogens is 2. The number of nitrogens with zero attached hydrogens (tertiary/aromatic N) is 2. The number of benzene rings is 1. The van der Waals surface area contributed by atoms with Crippen molar-refractivity contribution in [3.05, 3.63) is 36.4 Å². The van der Waals surface area contributed by atoms with Crippen molar-refractivity contribution in [2.24, 2.45) is 0 Å². The molecule has 1 aromatic carbocycles. The van der Waals surface area contributed by atoms with Crippen molar-refractivity contribution in [1.82, 2.24) is 10.2 Å². The number of halogens is 1. The number of alkyl halides is 1. The Morgan fingerprint density at radius 3 is 2.82 bits per heavy atom. The summed E-state index contributed by atoms with van der Waals surface area (Å²) in [7, 11) is 0. The van der Waals surface area contributed by atoms with Crippen LogP contribution >= 0.6 is 11.6 Å². The summed E-state index contributed by atoms with van der Waals surface area (Å²) in [6.07, 6.45) is 1.61. The van der Waals surface area contributed by atoms with Crippen LogP contribution in [0.1, 0.15) is 18.2 Å². The highest BCUT2D eigenvalue weighted by Crippen LogP contribution is 2.30. The Hall–Kier alpha value is -1.81. The molecule has 1 atom stereocenters. The van der Waals surface area contributed by atoms with Crippen molar-refractivity contribution < 1.29 is 8.83 Å². The summed E-state index contributed by atoms with van der Waals surface area (Å²) in [6.45, 7) is 1.78. The lowest BCUT2D eigenvalue weighted by atomic mass is 10.2. The van der Waals surface area contributed by atoms with Crippen molar-refractivity contribution in [3.63, 3.8) is 0 Å². The monoisotopic (exact) mass is 248 g/mol. The molecule has 0 saturated heterocycles.